The van der Waals surface area contributed by atoms with E-state index in [1.54, 1.807) is 33.6 Å². The molecule has 0 aliphatic heterocycles. The molecule has 0 atom stereocenters. The first-order valence-corrected chi connectivity index (χ1v) is 10.6. The predicted octanol–water partition coefficient (Wildman–Crippen LogP) is 2.75. The molecule has 0 radical (unpaired) electrons. The predicted molar refractivity (Wildman–Crippen MR) is 117 cm³/mol. The topological polar surface area (TPSA) is 81.3 Å². The van der Waals surface area contributed by atoms with Gasteiger partial charge in [0.15, 0.2) is 0 Å². The molecule has 0 bridgehead atoms. The van der Waals surface area contributed by atoms with Crippen LogP contribution < -0.4 is 10.9 Å². The summed E-state index contributed by atoms with van der Waals surface area (Å²) < 4.78 is 3.44. The van der Waals surface area contributed by atoms with Gasteiger partial charge >= 0.3 is 0 Å². The fraction of sp³-hybridized carbons (Fsp3) is 0.250. The molecule has 1 amide bonds. The van der Waals surface area contributed by atoms with E-state index in [0.717, 1.165) is 48.2 Å². The lowest BCUT2D eigenvalue weighted by atomic mass is 9.97. The molecule has 7 heteroatoms. The lowest BCUT2D eigenvalue weighted by Crippen LogP contribution is -2.24. The van der Waals surface area contributed by atoms with Crippen molar-refractivity contribution in [3.8, 4) is 0 Å². The number of fused-ring (bicyclic) bond motifs is 3. The van der Waals surface area contributed by atoms with Crippen LogP contribution in [0.3, 0.4) is 0 Å². The molecule has 3 aromatic heterocycles. The summed E-state index contributed by atoms with van der Waals surface area (Å²) in [5.41, 5.74) is 5.18. The number of amides is 1. The zero-order valence-electron chi connectivity index (χ0n) is 17.1. The molecule has 5 rings (SSSR count). The first-order valence-electron chi connectivity index (χ1n) is 10.6. The van der Waals surface area contributed by atoms with Crippen LogP contribution in [-0.4, -0.2) is 25.1 Å². The van der Waals surface area contributed by atoms with Gasteiger partial charge in [0, 0.05) is 29.7 Å². The molecule has 7 nitrogen and oxygen atoms in total. The van der Waals surface area contributed by atoms with E-state index in [1.807, 2.05) is 36.5 Å². The molecule has 4 aromatic rings. The largest absolute Gasteiger partial charge is 0.346 e. The zero-order valence-corrected chi connectivity index (χ0v) is 17.1. The third-order valence-corrected chi connectivity index (χ3v) is 5.76. The highest BCUT2D eigenvalue weighted by atomic mass is 16.1. The Hall–Kier alpha value is -3.74. The summed E-state index contributed by atoms with van der Waals surface area (Å²) in [6, 6.07) is 12.9. The molecule has 3 heterocycles. The van der Waals surface area contributed by atoms with Gasteiger partial charge in [0.25, 0.3) is 11.5 Å². The minimum atomic E-state index is -0.151. The summed E-state index contributed by atoms with van der Waals surface area (Å²) in [7, 11) is 0. The van der Waals surface area contributed by atoms with E-state index in [2.05, 4.69) is 15.4 Å². The van der Waals surface area contributed by atoms with Crippen molar-refractivity contribution >= 4 is 11.4 Å². The summed E-state index contributed by atoms with van der Waals surface area (Å²) in [6.45, 7) is 0.831. The smallest absolute Gasteiger partial charge is 0.277 e. The highest BCUT2D eigenvalue weighted by Gasteiger charge is 2.19. The van der Waals surface area contributed by atoms with E-state index >= 15 is 0 Å². The molecular formula is C24H23N5O2. The fourth-order valence-corrected chi connectivity index (χ4v) is 4.11. The molecule has 1 N–H and O–H groups in total. The van der Waals surface area contributed by atoms with Crippen molar-refractivity contribution in [3.05, 3.63) is 99.5 Å². The highest BCUT2D eigenvalue weighted by Crippen LogP contribution is 2.22. The molecule has 0 spiro atoms. The highest BCUT2D eigenvalue weighted by molar-refractivity contribution is 5.94. The fourth-order valence-electron chi connectivity index (χ4n) is 4.11. The van der Waals surface area contributed by atoms with Gasteiger partial charge in [0.2, 0.25) is 0 Å². The molecule has 1 aliphatic carbocycles. The van der Waals surface area contributed by atoms with Gasteiger partial charge in [-0.05, 0) is 55.5 Å². The van der Waals surface area contributed by atoms with Gasteiger partial charge in [0.05, 0.1) is 24.5 Å². The van der Waals surface area contributed by atoms with Crippen LogP contribution in [0, 0.1) is 0 Å². The monoisotopic (exact) mass is 413 g/mol. The standard InChI is InChI=1S/C24H23N5O2/c30-23(26-15-19-5-3-4-12-25-19)18-10-8-17(9-11-18)16-28-13-14-29-22(24(28)31)20-6-1-2-7-21(20)27-29/h3-5,8-14H,1-2,6-7,15-16H2,(H,26,30). The number of carbonyl (C=O) groups excluding carboxylic acids is 1. The number of aryl methyl sites for hydroxylation is 2. The van der Waals surface area contributed by atoms with Gasteiger partial charge < -0.3 is 9.88 Å². The van der Waals surface area contributed by atoms with Gasteiger partial charge in [-0.3, -0.25) is 14.6 Å². The molecule has 0 unspecified atom stereocenters. The molecule has 1 aromatic carbocycles. The number of rotatable bonds is 5. The first-order chi connectivity index (χ1) is 15.2. The second-order valence-electron chi connectivity index (χ2n) is 7.86. The SMILES string of the molecule is O=C(NCc1ccccn1)c1ccc(Cn2ccn3nc4c(c3c2=O)CCCC4)cc1. The summed E-state index contributed by atoms with van der Waals surface area (Å²) in [5.74, 6) is -0.151. The Bertz CT molecular complexity index is 1290. The van der Waals surface area contributed by atoms with E-state index in [-0.39, 0.29) is 11.5 Å². The Morgan fingerprint density at radius 2 is 1.87 bits per heavy atom. The zero-order chi connectivity index (χ0) is 21.2. The van der Waals surface area contributed by atoms with Crippen LogP contribution >= 0.6 is 0 Å². The number of benzene rings is 1. The number of aromatic nitrogens is 4. The Morgan fingerprint density at radius 1 is 1.03 bits per heavy atom. The molecule has 0 saturated carbocycles. The second-order valence-corrected chi connectivity index (χ2v) is 7.86. The van der Waals surface area contributed by atoms with Gasteiger partial charge in [-0.15, -0.1) is 0 Å². The van der Waals surface area contributed by atoms with E-state index in [0.29, 0.717) is 24.2 Å². The van der Waals surface area contributed by atoms with E-state index in [4.69, 9.17) is 0 Å². The van der Waals surface area contributed by atoms with Crippen LogP contribution in [0.5, 0.6) is 0 Å². The molecular weight excluding hydrogens is 390 g/mol. The van der Waals surface area contributed by atoms with Crippen LogP contribution in [0.1, 0.15) is 45.7 Å². The lowest BCUT2D eigenvalue weighted by molar-refractivity contribution is 0.0950. The quantitative estimate of drug-likeness (QED) is 0.546. The Labute approximate surface area is 179 Å². The molecule has 0 fully saturated rings. The Kier molecular flexibility index (Phi) is 5.08. The number of nitrogens with one attached hydrogen (secondary N) is 1. The van der Waals surface area contributed by atoms with Crippen molar-refractivity contribution < 1.29 is 4.79 Å². The number of hydrogen-bond donors (Lipinski definition) is 1. The van der Waals surface area contributed by atoms with Crippen LogP contribution in [0.4, 0.5) is 0 Å². The first kappa shape index (κ1) is 19.2. The number of carbonyl (C=O) groups is 1. The van der Waals surface area contributed by atoms with Crippen molar-refractivity contribution in [2.75, 3.05) is 0 Å². The number of nitrogens with zero attached hydrogens (tertiary/aromatic N) is 4. The third-order valence-electron chi connectivity index (χ3n) is 5.76. The van der Waals surface area contributed by atoms with E-state index in [1.165, 1.54) is 0 Å². The Balaban J connectivity index is 1.31. The minimum absolute atomic E-state index is 0.0182. The Morgan fingerprint density at radius 3 is 2.68 bits per heavy atom. The summed E-state index contributed by atoms with van der Waals surface area (Å²) in [6.07, 6.45) is 9.44. The number of pyridine rings is 1. The van der Waals surface area contributed by atoms with Gasteiger partial charge in [-0.25, -0.2) is 4.52 Å². The average Bonchev–Trinajstić information content (AvgIpc) is 3.20. The van der Waals surface area contributed by atoms with Crippen LogP contribution in [0.25, 0.3) is 5.52 Å². The van der Waals surface area contributed by atoms with Crippen molar-refractivity contribution in [2.45, 2.75) is 38.8 Å². The average molecular weight is 413 g/mol. The maximum Gasteiger partial charge on any atom is 0.277 e. The molecule has 156 valence electrons. The molecule has 31 heavy (non-hydrogen) atoms. The van der Waals surface area contributed by atoms with E-state index in [9.17, 15) is 9.59 Å². The van der Waals surface area contributed by atoms with Crippen LogP contribution in [-0.2, 0) is 25.9 Å². The number of hydrogen-bond acceptors (Lipinski definition) is 4. The van der Waals surface area contributed by atoms with E-state index < -0.39 is 0 Å². The molecule has 0 saturated heterocycles. The van der Waals surface area contributed by atoms with Gasteiger partial charge in [-0.1, -0.05) is 18.2 Å². The maximum absolute atomic E-state index is 13.1. The normalized spacial score (nSPS) is 13.2. The molecule has 1 aliphatic rings. The van der Waals surface area contributed by atoms with Crippen molar-refractivity contribution in [3.63, 3.8) is 0 Å². The van der Waals surface area contributed by atoms with Crippen LogP contribution in [0.15, 0.2) is 65.8 Å². The maximum atomic E-state index is 13.1. The van der Waals surface area contributed by atoms with Crippen molar-refractivity contribution in [1.82, 2.24) is 24.5 Å². The summed E-state index contributed by atoms with van der Waals surface area (Å²) in [5, 5.41) is 7.46. The lowest BCUT2D eigenvalue weighted by Gasteiger charge is -2.10. The van der Waals surface area contributed by atoms with Crippen molar-refractivity contribution in [1.29, 1.82) is 0 Å². The van der Waals surface area contributed by atoms with Gasteiger partial charge in [-0.2, -0.15) is 5.10 Å². The van der Waals surface area contributed by atoms with Gasteiger partial charge in [0.1, 0.15) is 5.52 Å². The summed E-state index contributed by atoms with van der Waals surface area (Å²) in [4.78, 5) is 29.7. The van der Waals surface area contributed by atoms with Crippen molar-refractivity contribution in [2.24, 2.45) is 0 Å². The minimum Gasteiger partial charge on any atom is -0.346 e. The second kappa shape index (κ2) is 8.18. The van der Waals surface area contributed by atoms with Crippen LogP contribution in [0.2, 0.25) is 0 Å². The third kappa shape index (κ3) is 3.86. The summed E-state index contributed by atoms with van der Waals surface area (Å²) >= 11 is 0.